The molecule has 2 aromatic rings. The molecule has 6 fully saturated rings. The number of benzene rings is 2. The second-order valence-electron chi connectivity index (χ2n) is 15.8. The SMILES string of the molecule is CC(=O)O[C@@H]1CC2(C)OC1(C)[C@H]1C(=O)N(c3ccc(C#N)c(C(F)(F)F)c3)C(=O)[C@H]12.[C-]#[N+]c1ccc(N2C(=O)[C@@H]3[C@H](C2=O)C2(C)C[C@H](O)C3(C)O2)cc1C(F)(F)F. The Morgan fingerprint density at radius 3 is 1.75 bits per heavy atom. The first kappa shape index (κ1) is 39.8. The second kappa shape index (κ2) is 12.3. The number of nitriles is 1. The van der Waals surface area contributed by atoms with Gasteiger partial charge in [0.25, 0.3) is 0 Å². The Hall–Kier alpha value is -5.37. The number of nitrogens with zero attached hydrogens (tertiary/aromatic N) is 4. The zero-order valence-corrected chi connectivity index (χ0v) is 30.6. The fraction of sp³-hybridized carbons (Fsp3) is 0.500. The molecule has 2 aromatic carbocycles. The van der Waals surface area contributed by atoms with Crippen LogP contribution in [0.2, 0.25) is 0 Å². The zero-order valence-electron chi connectivity index (χ0n) is 30.6. The Morgan fingerprint density at radius 1 is 0.807 bits per heavy atom. The third-order valence-electron chi connectivity index (χ3n) is 12.2. The maximum absolute atomic E-state index is 13.3. The van der Waals surface area contributed by atoms with Gasteiger partial charge >= 0.3 is 18.3 Å². The summed E-state index contributed by atoms with van der Waals surface area (Å²) in [4.78, 5) is 68.1. The molecule has 1 N–H and O–H groups in total. The lowest BCUT2D eigenvalue weighted by molar-refractivity contribution is -0.159. The Labute approximate surface area is 319 Å². The van der Waals surface area contributed by atoms with Crippen molar-refractivity contribution < 1.29 is 69.6 Å². The molecule has 0 aliphatic carbocycles. The zero-order chi connectivity index (χ0) is 42.2. The average Bonchev–Trinajstić information content (AvgIpc) is 3.84. The first-order valence-corrected chi connectivity index (χ1v) is 17.5. The lowest BCUT2D eigenvalue weighted by atomic mass is 9.67. The van der Waals surface area contributed by atoms with Crippen molar-refractivity contribution in [3.05, 3.63) is 64.5 Å². The van der Waals surface area contributed by atoms with Crippen LogP contribution < -0.4 is 9.80 Å². The van der Waals surface area contributed by atoms with E-state index in [0.29, 0.717) is 12.1 Å². The smallest absolute Gasteiger partial charge is 0.417 e. The molecule has 19 heteroatoms. The number of amides is 4. The molecule has 6 aliphatic heterocycles. The summed E-state index contributed by atoms with van der Waals surface area (Å²) in [6.45, 7) is 14.5. The van der Waals surface area contributed by atoms with E-state index in [0.717, 1.165) is 34.1 Å². The molecule has 6 aliphatic rings. The molecule has 0 aromatic heterocycles. The van der Waals surface area contributed by atoms with Crippen molar-refractivity contribution in [3.8, 4) is 6.07 Å². The first-order valence-electron chi connectivity index (χ1n) is 17.5. The van der Waals surface area contributed by atoms with Crippen molar-refractivity contribution in [2.45, 2.75) is 94.4 Å². The van der Waals surface area contributed by atoms with Crippen LogP contribution in [0.3, 0.4) is 0 Å². The highest BCUT2D eigenvalue weighted by Gasteiger charge is 2.77. The number of hydrogen-bond donors (Lipinski definition) is 1. The van der Waals surface area contributed by atoms with Gasteiger partial charge in [-0.25, -0.2) is 14.6 Å². The van der Waals surface area contributed by atoms with Crippen molar-refractivity contribution in [2.24, 2.45) is 23.7 Å². The van der Waals surface area contributed by atoms with Crippen LogP contribution in [0, 0.1) is 41.6 Å². The van der Waals surface area contributed by atoms with E-state index in [-0.39, 0.29) is 24.2 Å². The minimum Gasteiger partial charge on any atom is -0.459 e. The van der Waals surface area contributed by atoms with Gasteiger partial charge in [-0.2, -0.15) is 31.6 Å². The van der Waals surface area contributed by atoms with E-state index in [9.17, 15) is 55.4 Å². The number of carbonyl (C=O) groups is 5. The highest BCUT2D eigenvalue weighted by molar-refractivity contribution is 6.24. The van der Waals surface area contributed by atoms with E-state index in [4.69, 9.17) is 26.0 Å². The van der Waals surface area contributed by atoms with Gasteiger partial charge in [-0.1, -0.05) is 6.07 Å². The standard InChI is InChI=1S/C20H17F3N2O5.C18H15F3N2O4/c1-9(26)29-13-7-18(2)14-15(19(13,3)30-18)17(28)25(16(14)27)11-5-4-10(8-24)12(6-11)20(21,22)23;1-16-7-11(24)17(2,27-16)13-12(16)14(25)23(15(13)26)8-4-5-10(22-3)9(6-8)18(19,20)21/h4-6,13-15H,7H2,1-3H3;4-6,11-13,24H,7H2,1-2H3/t13-,14+,15-,18?,19?;11-,12+,13-,16?,17?/m10/s1. The molecule has 6 heterocycles. The van der Waals surface area contributed by atoms with Crippen LogP contribution in [0.5, 0.6) is 0 Å². The molecule has 4 bridgehead atoms. The fourth-order valence-corrected chi connectivity index (χ4v) is 9.88. The number of rotatable bonds is 3. The number of aliphatic hydroxyl groups excluding tert-OH is 1. The molecule has 0 spiro atoms. The normalized spacial score (nSPS) is 36.2. The van der Waals surface area contributed by atoms with Crippen molar-refractivity contribution >= 4 is 46.7 Å². The summed E-state index contributed by atoms with van der Waals surface area (Å²) < 4.78 is 96.9. The number of carbonyl (C=O) groups excluding carboxylic acids is 5. The Balaban J connectivity index is 0.000000175. The number of aliphatic hydroxyl groups is 1. The summed E-state index contributed by atoms with van der Waals surface area (Å²) in [5, 5.41) is 19.2. The van der Waals surface area contributed by atoms with Gasteiger partial charge < -0.3 is 19.3 Å². The molecule has 300 valence electrons. The number of alkyl halides is 6. The maximum Gasteiger partial charge on any atom is 0.417 e. The van der Waals surface area contributed by atoms with Crippen molar-refractivity contribution in [3.63, 3.8) is 0 Å². The van der Waals surface area contributed by atoms with E-state index < -0.39 is 123 Å². The monoisotopic (exact) mass is 802 g/mol. The van der Waals surface area contributed by atoms with Gasteiger partial charge in [0.2, 0.25) is 23.6 Å². The summed E-state index contributed by atoms with van der Waals surface area (Å²) in [6, 6.07) is 6.92. The quantitative estimate of drug-likeness (QED) is 0.188. The van der Waals surface area contributed by atoms with Gasteiger partial charge in [0, 0.05) is 25.5 Å². The molecule has 6 saturated heterocycles. The van der Waals surface area contributed by atoms with Crippen LogP contribution in [0.15, 0.2) is 36.4 Å². The van der Waals surface area contributed by atoms with Crippen molar-refractivity contribution in [2.75, 3.05) is 9.80 Å². The van der Waals surface area contributed by atoms with Crippen LogP contribution in [-0.4, -0.2) is 69.3 Å². The van der Waals surface area contributed by atoms with Crippen molar-refractivity contribution in [1.29, 1.82) is 5.26 Å². The summed E-state index contributed by atoms with van der Waals surface area (Å²) >= 11 is 0. The number of ether oxygens (including phenoxy) is 3. The van der Waals surface area contributed by atoms with Crippen LogP contribution in [-0.2, 0) is 50.5 Å². The fourth-order valence-electron chi connectivity index (χ4n) is 9.88. The number of fused-ring (bicyclic) bond motifs is 10. The predicted octanol–water partition coefficient (Wildman–Crippen LogP) is 5.24. The Morgan fingerprint density at radius 2 is 1.26 bits per heavy atom. The molecular formula is C38H32F6N4O9. The van der Waals surface area contributed by atoms with E-state index in [1.54, 1.807) is 27.7 Å². The van der Waals surface area contributed by atoms with Gasteiger partial charge in [-0.05, 0) is 58.0 Å². The first-order chi connectivity index (χ1) is 26.3. The molecule has 57 heavy (non-hydrogen) atoms. The maximum atomic E-state index is 13.3. The highest BCUT2D eigenvalue weighted by Crippen LogP contribution is 2.63. The van der Waals surface area contributed by atoms with E-state index in [2.05, 4.69) is 4.85 Å². The van der Waals surface area contributed by atoms with E-state index in [1.807, 2.05) is 0 Å². The lowest BCUT2D eigenvalue weighted by Gasteiger charge is -2.34. The molecular weight excluding hydrogens is 770 g/mol. The third kappa shape index (κ3) is 5.57. The number of anilines is 2. The van der Waals surface area contributed by atoms with Gasteiger partial charge in [0.05, 0.1) is 76.0 Å². The molecule has 8 rings (SSSR count). The largest absolute Gasteiger partial charge is 0.459 e. The van der Waals surface area contributed by atoms with Gasteiger partial charge in [-0.3, -0.25) is 24.0 Å². The molecule has 0 saturated carbocycles. The number of imide groups is 2. The summed E-state index contributed by atoms with van der Waals surface area (Å²) in [6.07, 6.45) is -11.0. The highest BCUT2D eigenvalue weighted by atomic mass is 19.4. The van der Waals surface area contributed by atoms with E-state index in [1.165, 1.54) is 13.0 Å². The van der Waals surface area contributed by atoms with Crippen LogP contribution in [0.1, 0.15) is 64.2 Å². The van der Waals surface area contributed by atoms with Gasteiger partial charge in [-0.15, -0.1) is 0 Å². The van der Waals surface area contributed by atoms with E-state index >= 15 is 0 Å². The minimum atomic E-state index is -4.83. The molecule has 4 unspecified atom stereocenters. The van der Waals surface area contributed by atoms with Crippen LogP contribution in [0.4, 0.5) is 43.4 Å². The summed E-state index contributed by atoms with van der Waals surface area (Å²) in [5.74, 6) is -7.04. The number of halogens is 6. The Kier molecular flexibility index (Phi) is 8.61. The van der Waals surface area contributed by atoms with Gasteiger partial charge in [0.1, 0.15) is 17.3 Å². The topological polar surface area (TPSA) is 168 Å². The summed E-state index contributed by atoms with van der Waals surface area (Å²) in [7, 11) is 0. The van der Waals surface area contributed by atoms with Crippen LogP contribution in [0.25, 0.3) is 4.85 Å². The predicted molar refractivity (Wildman–Crippen MR) is 179 cm³/mol. The summed E-state index contributed by atoms with van der Waals surface area (Å²) in [5.41, 5.74) is -8.83. The number of esters is 1. The average molecular weight is 803 g/mol. The lowest BCUT2D eigenvalue weighted by Crippen LogP contribution is -2.50. The molecule has 0 radical (unpaired) electrons. The minimum absolute atomic E-state index is 0.169. The molecule has 4 amide bonds. The van der Waals surface area contributed by atoms with Crippen LogP contribution >= 0.6 is 0 Å². The third-order valence-corrected chi connectivity index (χ3v) is 12.2. The second-order valence-corrected chi connectivity index (χ2v) is 15.8. The number of hydrogen-bond acceptors (Lipinski definition) is 10. The van der Waals surface area contributed by atoms with Gasteiger partial charge in [0.15, 0.2) is 5.69 Å². The molecule has 10 atom stereocenters. The Bertz CT molecular complexity index is 2270. The van der Waals surface area contributed by atoms with Crippen molar-refractivity contribution in [1.82, 2.24) is 0 Å². The molecule has 13 nitrogen and oxygen atoms in total.